The minimum absolute atomic E-state index is 0.0989. The minimum atomic E-state index is -0.0989. The van der Waals surface area contributed by atoms with Crippen molar-refractivity contribution in [3.63, 3.8) is 0 Å². The summed E-state index contributed by atoms with van der Waals surface area (Å²) in [7, 11) is 0. The third-order valence-corrected chi connectivity index (χ3v) is 7.14. The van der Waals surface area contributed by atoms with Crippen molar-refractivity contribution in [1.29, 1.82) is 0 Å². The Balaban J connectivity index is 1.09. The van der Waals surface area contributed by atoms with Gasteiger partial charge in [0, 0.05) is 37.0 Å². The molecule has 170 valence electrons. The lowest BCUT2D eigenvalue weighted by Gasteiger charge is -2.40. The fourth-order valence-electron chi connectivity index (χ4n) is 5.28. The maximum Gasteiger partial charge on any atom is 0.247 e. The molecule has 2 N–H and O–H groups in total. The first-order chi connectivity index (χ1) is 15.7. The third kappa shape index (κ3) is 4.55. The van der Waals surface area contributed by atoms with Crippen molar-refractivity contribution in [2.45, 2.75) is 69.5 Å². The summed E-state index contributed by atoms with van der Waals surface area (Å²) in [5.41, 5.74) is 0.918. The monoisotopic (exact) mass is 437 g/mol. The highest BCUT2D eigenvalue weighted by molar-refractivity contribution is 5.81. The number of aromatic nitrogens is 2. The Morgan fingerprint density at radius 3 is 2.66 bits per heavy atom. The quantitative estimate of drug-likeness (QED) is 0.746. The lowest BCUT2D eigenvalue weighted by molar-refractivity contribution is -0.134. The van der Waals surface area contributed by atoms with Crippen LogP contribution in [0.2, 0.25) is 0 Å². The Labute approximate surface area is 188 Å². The smallest absolute Gasteiger partial charge is 0.247 e. The fourth-order valence-corrected chi connectivity index (χ4v) is 5.28. The molecule has 3 heterocycles. The standard InChI is InChI=1S/C24H31N5O3/c30-21(11-10-20-25-19-9-5-4-8-18(19)22(31)26-20)29-14-12-17(13-15-29)24-28-27-23(32-24)16-6-2-1-3-7-16/h1-3,6-7,17-20,25H,4-5,8-15H2,(H,26,31). The Morgan fingerprint density at radius 2 is 1.84 bits per heavy atom. The van der Waals surface area contributed by atoms with Gasteiger partial charge in [-0.15, -0.1) is 10.2 Å². The van der Waals surface area contributed by atoms with Gasteiger partial charge in [0.1, 0.15) is 0 Å². The average Bonchev–Trinajstić information content (AvgIpc) is 3.34. The molecule has 1 aliphatic carbocycles. The number of fused-ring (bicyclic) bond motifs is 1. The molecule has 0 spiro atoms. The fraction of sp³-hybridized carbons (Fsp3) is 0.583. The zero-order valence-electron chi connectivity index (χ0n) is 18.3. The molecule has 3 atom stereocenters. The molecule has 2 aliphatic heterocycles. The molecule has 32 heavy (non-hydrogen) atoms. The van der Waals surface area contributed by atoms with Gasteiger partial charge in [0.15, 0.2) is 0 Å². The summed E-state index contributed by atoms with van der Waals surface area (Å²) in [5, 5.41) is 15.1. The van der Waals surface area contributed by atoms with Crippen molar-refractivity contribution < 1.29 is 14.0 Å². The highest BCUT2D eigenvalue weighted by Gasteiger charge is 2.37. The number of hydrogen-bond acceptors (Lipinski definition) is 6. The molecule has 8 nitrogen and oxygen atoms in total. The topological polar surface area (TPSA) is 100 Å². The maximum absolute atomic E-state index is 12.8. The average molecular weight is 438 g/mol. The van der Waals surface area contributed by atoms with Crippen LogP contribution in [0.15, 0.2) is 34.7 Å². The molecule has 8 heteroatoms. The van der Waals surface area contributed by atoms with Gasteiger partial charge in [-0.2, -0.15) is 0 Å². The van der Waals surface area contributed by atoms with Crippen molar-refractivity contribution in [2.75, 3.05) is 13.1 Å². The molecule has 1 aromatic carbocycles. The van der Waals surface area contributed by atoms with Gasteiger partial charge in [0.05, 0.1) is 12.1 Å². The summed E-state index contributed by atoms with van der Waals surface area (Å²) < 4.78 is 5.91. The Bertz CT molecular complexity index is 938. The first-order valence-electron chi connectivity index (χ1n) is 11.9. The number of piperidine rings is 1. The number of likely N-dealkylation sites (tertiary alicyclic amines) is 1. The lowest BCUT2D eigenvalue weighted by Crippen LogP contribution is -2.62. The number of amides is 2. The van der Waals surface area contributed by atoms with E-state index < -0.39 is 0 Å². The summed E-state index contributed by atoms with van der Waals surface area (Å²) in [6, 6.07) is 10.0. The number of benzene rings is 1. The first kappa shape index (κ1) is 21.1. The Kier molecular flexibility index (Phi) is 6.21. The number of carbonyl (C=O) groups excluding carboxylic acids is 2. The van der Waals surface area contributed by atoms with Crippen LogP contribution in [0.25, 0.3) is 11.5 Å². The van der Waals surface area contributed by atoms with E-state index in [0.717, 1.165) is 37.7 Å². The minimum Gasteiger partial charge on any atom is -0.420 e. The van der Waals surface area contributed by atoms with Gasteiger partial charge in [0.25, 0.3) is 0 Å². The number of nitrogens with zero attached hydrogens (tertiary/aromatic N) is 3. The van der Waals surface area contributed by atoms with Crippen LogP contribution in [-0.4, -0.2) is 52.2 Å². The number of hydrogen-bond donors (Lipinski definition) is 2. The van der Waals surface area contributed by atoms with E-state index in [1.165, 1.54) is 6.42 Å². The van der Waals surface area contributed by atoms with E-state index in [-0.39, 0.29) is 35.9 Å². The van der Waals surface area contributed by atoms with Crippen LogP contribution in [-0.2, 0) is 9.59 Å². The van der Waals surface area contributed by atoms with Crippen LogP contribution in [0.1, 0.15) is 63.2 Å². The van der Waals surface area contributed by atoms with E-state index in [9.17, 15) is 9.59 Å². The molecule has 3 unspecified atom stereocenters. The van der Waals surface area contributed by atoms with Gasteiger partial charge in [-0.25, -0.2) is 0 Å². The molecule has 2 saturated heterocycles. The second-order valence-electron chi connectivity index (χ2n) is 9.23. The molecule has 3 fully saturated rings. The molecule has 0 radical (unpaired) electrons. The largest absolute Gasteiger partial charge is 0.420 e. The maximum atomic E-state index is 12.8. The van der Waals surface area contributed by atoms with Crippen molar-refractivity contribution in [3.8, 4) is 11.5 Å². The molecular weight excluding hydrogens is 406 g/mol. The van der Waals surface area contributed by atoms with Gasteiger partial charge in [-0.05, 0) is 44.2 Å². The van der Waals surface area contributed by atoms with Crippen LogP contribution >= 0.6 is 0 Å². The zero-order valence-corrected chi connectivity index (χ0v) is 18.3. The summed E-state index contributed by atoms with van der Waals surface area (Å²) in [6.07, 6.45) is 6.96. The van der Waals surface area contributed by atoms with E-state index in [1.54, 1.807) is 0 Å². The molecule has 1 saturated carbocycles. The van der Waals surface area contributed by atoms with Crippen molar-refractivity contribution >= 4 is 11.8 Å². The summed E-state index contributed by atoms with van der Waals surface area (Å²) in [5.74, 6) is 1.80. The number of carbonyl (C=O) groups is 2. The Hall–Kier alpha value is -2.74. The zero-order chi connectivity index (χ0) is 21.9. The predicted molar refractivity (Wildman–Crippen MR) is 118 cm³/mol. The molecule has 2 aromatic rings. The van der Waals surface area contributed by atoms with Gasteiger partial charge in [-0.3, -0.25) is 14.9 Å². The summed E-state index contributed by atoms with van der Waals surface area (Å²) in [4.78, 5) is 27.1. The van der Waals surface area contributed by atoms with E-state index in [4.69, 9.17) is 4.42 Å². The highest BCUT2D eigenvalue weighted by atomic mass is 16.4. The van der Waals surface area contributed by atoms with Gasteiger partial charge < -0.3 is 14.6 Å². The molecule has 1 aromatic heterocycles. The van der Waals surface area contributed by atoms with Crippen molar-refractivity contribution in [3.05, 3.63) is 36.2 Å². The molecule has 2 amide bonds. The van der Waals surface area contributed by atoms with Gasteiger partial charge >= 0.3 is 0 Å². The van der Waals surface area contributed by atoms with Crippen molar-refractivity contribution in [2.24, 2.45) is 5.92 Å². The molecule has 3 aliphatic rings. The normalized spacial score (nSPS) is 26.4. The van der Waals surface area contributed by atoms with Crippen LogP contribution in [0.5, 0.6) is 0 Å². The highest BCUT2D eigenvalue weighted by Crippen LogP contribution is 2.30. The molecular formula is C24H31N5O3. The van der Waals surface area contributed by atoms with E-state index >= 15 is 0 Å². The van der Waals surface area contributed by atoms with E-state index in [0.29, 0.717) is 37.7 Å². The van der Waals surface area contributed by atoms with Gasteiger partial charge in [-0.1, -0.05) is 31.0 Å². The van der Waals surface area contributed by atoms with Crippen LogP contribution < -0.4 is 10.6 Å². The number of rotatable bonds is 5. The number of nitrogens with one attached hydrogen (secondary N) is 2. The summed E-state index contributed by atoms with van der Waals surface area (Å²) in [6.45, 7) is 1.39. The summed E-state index contributed by atoms with van der Waals surface area (Å²) >= 11 is 0. The van der Waals surface area contributed by atoms with E-state index in [2.05, 4.69) is 20.8 Å². The lowest BCUT2D eigenvalue weighted by atomic mass is 9.82. The van der Waals surface area contributed by atoms with Crippen LogP contribution in [0, 0.1) is 5.92 Å². The van der Waals surface area contributed by atoms with Gasteiger partial charge in [0.2, 0.25) is 23.6 Å². The molecule has 5 rings (SSSR count). The second-order valence-corrected chi connectivity index (χ2v) is 9.23. The second kappa shape index (κ2) is 9.40. The Morgan fingerprint density at radius 1 is 1.06 bits per heavy atom. The van der Waals surface area contributed by atoms with E-state index in [1.807, 2.05) is 35.2 Å². The molecule has 0 bridgehead atoms. The SMILES string of the molecule is O=C1NC(CCC(=O)N2CCC(c3nnc(-c4ccccc4)o3)CC2)NC2CCCCC12. The third-order valence-electron chi connectivity index (χ3n) is 7.14. The first-order valence-corrected chi connectivity index (χ1v) is 11.9. The van der Waals surface area contributed by atoms with Crippen LogP contribution in [0.4, 0.5) is 0 Å². The van der Waals surface area contributed by atoms with Crippen LogP contribution in [0.3, 0.4) is 0 Å². The van der Waals surface area contributed by atoms with Crippen molar-refractivity contribution in [1.82, 2.24) is 25.7 Å². The predicted octanol–water partition coefficient (Wildman–Crippen LogP) is 2.83.